The van der Waals surface area contributed by atoms with E-state index in [2.05, 4.69) is 13.8 Å². The summed E-state index contributed by atoms with van der Waals surface area (Å²) in [6, 6.07) is 0. The molecule has 0 aromatic heterocycles. The fourth-order valence-electron chi connectivity index (χ4n) is 3.52. The Kier molecular flexibility index (Phi) is 2.77. The first kappa shape index (κ1) is 11.9. The Labute approximate surface area is 97.5 Å². The maximum atomic E-state index is 11.9. The number of methoxy groups -OCH3 is 1. The van der Waals surface area contributed by atoms with E-state index < -0.39 is 5.60 Å². The molecule has 0 bridgehead atoms. The minimum Gasteiger partial charge on any atom is -0.467 e. The monoisotopic (exact) mass is 226 g/mol. The molecular weight excluding hydrogens is 204 g/mol. The number of hydrogen-bond donors (Lipinski definition) is 0. The standard InChI is InChI=1S/C13H22O3/c1-5-12(11(14)15-4)13(16-12)8-6-7-9(2)10(13)3/h9-10H,5-8H2,1-4H3. The molecule has 1 saturated carbocycles. The van der Waals surface area contributed by atoms with E-state index in [1.807, 2.05) is 6.92 Å². The minimum absolute atomic E-state index is 0.184. The molecular formula is C13H22O3. The van der Waals surface area contributed by atoms with E-state index in [-0.39, 0.29) is 11.6 Å². The Morgan fingerprint density at radius 1 is 1.50 bits per heavy atom. The first-order chi connectivity index (χ1) is 7.54. The van der Waals surface area contributed by atoms with Gasteiger partial charge in [-0.05, 0) is 24.7 Å². The van der Waals surface area contributed by atoms with Crippen LogP contribution >= 0.6 is 0 Å². The summed E-state index contributed by atoms with van der Waals surface area (Å²) in [7, 11) is 1.45. The minimum atomic E-state index is -0.643. The van der Waals surface area contributed by atoms with Gasteiger partial charge in [-0.15, -0.1) is 0 Å². The Morgan fingerprint density at radius 2 is 2.19 bits per heavy atom. The van der Waals surface area contributed by atoms with Gasteiger partial charge in [0, 0.05) is 0 Å². The van der Waals surface area contributed by atoms with Gasteiger partial charge >= 0.3 is 5.97 Å². The van der Waals surface area contributed by atoms with E-state index >= 15 is 0 Å². The average molecular weight is 226 g/mol. The molecule has 16 heavy (non-hydrogen) atoms. The highest BCUT2D eigenvalue weighted by Gasteiger charge is 2.76. The van der Waals surface area contributed by atoms with Crippen molar-refractivity contribution in [2.24, 2.45) is 11.8 Å². The molecule has 0 aromatic rings. The second-order valence-electron chi connectivity index (χ2n) is 5.32. The van der Waals surface area contributed by atoms with Crippen LogP contribution in [0.1, 0.15) is 46.5 Å². The third kappa shape index (κ3) is 1.27. The summed E-state index contributed by atoms with van der Waals surface area (Å²) >= 11 is 0. The summed E-state index contributed by atoms with van der Waals surface area (Å²) in [5.41, 5.74) is -0.873. The first-order valence-corrected chi connectivity index (χ1v) is 6.32. The zero-order valence-electron chi connectivity index (χ0n) is 10.7. The summed E-state index contributed by atoms with van der Waals surface area (Å²) < 4.78 is 10.9. The van der Waals surface area contributed by atoms with Crippen LogP contribution in [0.25, 0.3) is 0 Å². The Morgan fingerprint density at radius 3 is 2.75 bits per heavy atom. The third-order valence-electron chi connectivity index (χ3n) is 4.81. The first-order valence-electron chi connectivity index (χ1n) is 6.32. The lowest BCUT2D eigenvalue weighted by Crippen LogP contribution is -2.43. The van der Waals surface area contributed by atoms with Crippen molar-refractivity contribution >= 4 is 5.97 Å². The highest BCUT2D eigenvalue weighted by Crippen LogP contribution is 2.62. The lowest BCUT2D eigenvalue weighted by atomic mass is 9.67. The van der Waals surface area contributed by atoms with Crippen molar-refractivity contribution in [3.8, 4) is 0 Å². The molecule has 1 aliphatic carbocycles. The zero-order chi connectivity index (χ0) is 12.0. The quantitative estimate of drug-likeness (QED) is 0.536. The van der Waals surface area contributed by atoms with E-state index in [1.165, 1.54) is 13.5 Å². The van der Waals surface area contributed by atoms with Gasteiger partial charge in [-0.3, -0.25) is 0 Å². The highest BCUT2D eigenvalue weighted by molar-refractivity contribution is 5.85. The van der Waals surface area contributed by atoms with Gasteiger partial charge in [0.2, 0.25) is 0 Å². The van der Waals surface area contributed by atoms with Crippen LogP contribution in [0.2, 0.25) is 0 Å². The van der Waals surface area contributed by atoms with Gasteiger partial charge < -0.3 is 9.47 Å². The zero-order valence-corrected chi connectivity index (χ0v) is 10.7. The summed E-state index contributed by atoms with van der Waals surface area (Å²) in [4.78, 5) is 11.9. The average Bonchev–Trinajstić information content (AvgIpc) is 2.95. The number of hydrogen-bond acceptors (Lipinski definition) is 3. The normalized spacial score (nSPS) is 46.8. The summed E-state index contributed by atoms with van der Waals surface area (Å²) in [6.45, 7) is 6.48. The van der Waals surface area contributed by atoms with Crippen LogP contribution in [0.4, 0.5) is 0 Å². The van der Waals surface area contributed by atoms with Crippen molar-refractivity contribution in [1.29, 1.82) is 0 Å². The van der Waals surface area contributed by atoms with E-state index in [1.54, 1.807) is 0 Å². The number of esters is 1. The van der Waals surface area contributed by atoms with Gasteiger partial charge in [0.05, 0.1) is 7.11 Å². The fourth-order valence-corrected chi connectivity index (χ4v) is 3.52. The molecule has 4 unspecified atom stereocenters. The van der Waals surface area contributed by atoms with E-state index in [9.17, 15) is 4.79 Å². The number of ether oxygens (including phenoxy) is 2. The molecule has 92 valence electrons. The lowest BCUT2D eigenvalue weighted by Gasteiger charge is -2.33. The third-order valence-corrected chi connectivity index (χ3v) is 4.81. The van der Waals surface area contributed by atoms with Crippen LogP contribution in [0, 0.1) is 11.8 Å². The summed E-state index contributed by atoms with van der Waals surface area (Å²) in [5, 5.41) is 0. The van der Waals surface area contributed by atoms with Crippen LogP contribution in [0.3, 0.4) is 0 Å². The lowest BCUT2D eigenvalue weighted by molar-refractivity contribution is -0.147. The van der Waals surface area contributed by atoms with Gasteiger partial charge in [-0.1, -0.05) is 33.6 Å². The fraction of sp³-hybridized carbons (Fsp3) is 0.923. The topological polar surface area (TPSA) is 38.8 Å². The van der Waals surface area contributed by atoms with Crippen LogP contribution in [0.5, 0.6) is 0 Å². The molecule has 2 aliphatic rings. The predicted octanol–water partition coefficient (Wildman–Crippen LogP) is 2.53. The van der Waals surface area contributed by atoms with E-state index in [4.69, 9.17) is 9.47 Å². The van der Waals surface area contributed by atoms with Crippen LogP contribution < -0.4 is 0 Å². The number of epoxide rings is 1. The molecule has 0 aromatic carbocycles. The summed E-state index contributed by atoms with van der Waals surface area (Å²) in [6.07, 6.45) is 4.12. The maximum Gasteiger partial charge on any atom is 0.341 e. The van der Waals surface area contributed by atoms with Gasteiger partial charge in [-0.2, -0.15) is 0 Å². The predicted molar refractivity (Wildman–Crippen MR) is 61.0 cm³/mol. The molecule has 1 aliphatic heterocycles. The van der Waals surface area contributed by atoms with Crippen LogP contribution in [0.15, 0.2) is 0 Å². The molecule has 4 atom stereocenters. The van der Waals surface area contributed by atoms with Crippen LogP contribution in [-0.2, 0) is 14.3 Å². The number of carbonyl (C=O) groups is 1. The van der Waals surface area contributed by atoms with Gasteiger partial charge in [0.1, 0.15) is 5.60 Å². The molecule has 2 rings (SSSR count). The maximum absolute atomic E-state index is 11.9. The van der Waals surface area contributed by atoms with Gasteiger partial charge in [0.15, 0.2) is 5.60 Å². The van der Waals surface area contributed by atoms with Crippen molar-refractivity contribution in [2.75, 3.05) is 7.11 Å². The molecule has 1 saturated heterocycles. The van der Waals surface area contributed by atoms with Crippen molar-refractivity contribution in [2.45, 2.75) is 57.7 Å². The van der Waals surface area contributed by atoms with Crippen molar-refractivity contribution < 1.29 is 14.3 Å². The Bertz CT molecular complexity index is 302. The molecule has 0 radical (unpaired) electrons. The second-order valence-corrected chi connectivity index (χ2v) is 5.32. The molecule has 1 spiro atoms. The van der Waals surface area contributed by atoms with Crippen LogP contribution in [-0.4, -0.2) is 24.3 Å². The smallest absolute Gasteiger partial charge is 0.341 e. The van der Waals surface area contributed by atoms with E-state index in [0.29, 0.717) is 11.8 Å². The molecule has 3 heteroatoms. The molecule has 0 amide bonds. The van der Waals surface area contributed by atoms with Crippen molar-refractivity contribution in [3.05, 3.63) is 0 Å². The summed E-state index contributed by atoms with van der Waals surface area (Å²) in [5.74, 6) is 0.892. The molecule has 2 fully saturated rings. The number of rotatable bonds is 2. The molecule has 0 N–H and O–H groups in total. The van der Waals surface area contributed by atoms with E-state index in [0.717, 1.165) is 19.3 Å². The van der Waals surface area contributed by atoms with Gasteiger partial charge in [0.25, 0.3) is 0 Å². The van der Waals surface area contributed by atoms with Crippen molar-refractivity contribution in [3.63, 3.8) is 0 Å². The Hall–Kier alpha value is -0.570. The number of carbonyl (C=O) groups excluding carboxylic acids is 1. The highest BCUT2D eigenvalue weighted by atomic mass is 16.7. The molecule has 1 heterocycles. The Balaban J connectivity index is 2.25. The second kappa shape index (κ2) is 3.73. The van der Waals surface area contributed by atoms with Crippen molar-refractivity contribution in [1.82, 2.24) is 0 Å². The van der Waals surface area contributed by atoms with Gasteiger partial charge in [-0.25, -0.2) is 4.79 Å². The molecule has 3 nitrogen and oxygen atoms in total. The largest absolute Gasteiger partial charge is 0.467 e. The SMILES string of the molecule is CCC1(C(=O)OC)OC12CCCC(C)C2C.